The fourth-order valence-electron chi connectivity index (χ4n) is 1.59. The molecular formula is C12H14F2INO2. The van der Waals surface area contributed by atoms with Gasteiger partial charge in [-0.3, -0.25) is 4.79 Å². The molecule has 0 amide bonds. The van der Waals surface area contributed by atoms with E-state index >= 15 is 0 Å². The van der Waals surface area contributed by atoms with Crippen LogP contribution in [0, 0.1) is 21.1 Å². The van der Waals surface area contributed by atoms with Gasteiger partial charge in [-0.25, -0.2) is 8.78 Å². The molecule has 0 spiro atoms. The Morgan fingerprint density at radius 2 is 2.11 bits per heavy atom. The lowest BCUT2D eigenvalue weighted by Crippen LogP contribution is -2.29. The topological polar surface area (TPSA) is 40.5 Å². The van der Waals surface area contributed by atoms with E-state index in [1.54, 1.807) is 41.5 Å². The Morgan fingerprint density at radius 3 is 2.67 bits per heavy atom. The van der Waals surface area contributed by atoms with Gasteiger partial charge in [0.05, 0.1) is 5.92 Å². The van der Waals surface area contributed by atoms with Gasteiger partial charge in [0.2, 0.25) is 0 Å². The summed E-state index contributed by atoms with van der Waals surface area (Å²) in [5, 5.41) is 8.77. The van der Waals surface area contributed by atoms with Crippen molar-refractivity contribution in [2.75, 3.05) is 13.6 Å². The normalized spacial score (nSPS) is 12.8. The molecule has 1 atom stereocenters. The van der Waals surface area contributed by atoms with Crippen molar-refractivity contribution in [1.82, 2.24) is 4.90 Å². The summed E-state index contributed by atoms with van der Waals surface area (Å²) in [6, 6.07) is 2.59. The Balaban J connectivity index is 2.79. The van der Waals surface area contributed by atoms with E-state index in [0.717, 1.165) is 0 Å². The first-order valence-corrected chi connectivity index (χ1v) is 6.44. The van der Waals surface area contributed by atoms with Crippen LogP contribution < -0.4 is 0 Å². The number of benzene rings is 1. The van der Waals surface area contributed by atoms with Crippen LogP contribution in [0.25, 0.3) is 0 Å². The average Bonchev–Trinajstić information content (AvgIpc) is 2.29. The molecule has 0 aliphatic rings. The van der Waals surface area contributed by atoms with Gasteiger partial charge in [-0.2, -0.15) is 0 Å². The van der Waals surface area contributed by atoms with Gasteiger partial charge in [0, 0.05) is 22.2 Å². The number of rotatable bonds is 5. The van der Waals surface area contributed by atoms with Crippen LogP contribution in [-0.2, 0) is 11.3 Å². The second-order valence-electron chi connectivity index (χ2n) is 4.26. The quantitative estimate of drug-likeness (QED) is 0.641. The van der Waals surface area contributed by atoms with Crippen LogP contribution in [0.4, 0.5) is 8.78 Å². The van der Waals surface area contributed by atoms with Crippen molar-refractivity contribution in [3.05, 3.63) is 32.9 Å². The Kier molecular flexibility index (Phi) is 5.46. The average molecular weight is 369 g/mol. The zero-order valence-corrected chi connectivity index (χ0v) is 12.2. The predicted molar refractivity (Wildman–Crippen MR) is 72.2 cm³/mol. The molecule has 0 aliphatic heterocycles. The molecule has 3 nitrogen and oxygen atoms in total. The van der Waals surface area contributed by atoms with Crippen LogP contribution in [-0.4, -0.2) is 29.6 Å². The summed E-state index contributed by atoms with van der Waals surface area (Å²) in [5.41, 5.74) is -0.0259. The summed E-state index contributed by atoms with van der Waals surface area (Å²) in [6.07, 6.45) is 0. The van der Waals surface area contributed by atoms with Crippen molar-refractivity contribution < 1.29 is 18.7 Å². The standard InChI is InChI=1S/C12H14F2INO2/c1-7(12(17)18)5-16(2)6-8-9(13)3-4-10(15)11(8)14/h3-4,7H,5-6H2,1-2H3,(H,17,18). The van der Waals surface area contributed by atoms with Gasteiger partial charge in [0.15, 0.2) is 0 Å². The predicted octanol–water partition coefficient (Wildman–Crippen LogP) is 2.72. The van der Waals surface area contributed by atoms with Gasteiger partial charge in [-0.05, 0) is 41.8 Å². The minimum atomic E-state index is -0.926. The molecule has 1 rings (SSSR count). The first kappa shape index (κ1) is 15.3. The lowest BCUT2D eigenvalue weighted by molar-refractivity contribution is -0.141. The molecule has 0 bridgehead atoms. The lowest BCUT2D eigenvalue weighted by atomic mass is 10.1. The molecule has 1 aromatic rings. The highest BCUT2D eigenvalue weighted by Crippen LogP contribution is 2.20. The monoisotopic (exact) mass is 369 g/mol. The smallest absolute Gasteiger partial charge is 0.307 e. The largest absolute Gasteiger partial charge is 0.481 e. The first-order valence-electron chi connectivity index (χ1n) is 5.36. The maximum atomic E-state index is 13.7. The molecule has 0 saturated heterocycles. The minimum Gasteiger partial charge on any atom is -0.481 e. The number of hydrogen-bond acceptors (Lipinski definition) is 2. The summed E-state index contributed by atoms with van der Waals surface area (Å²) in [7, 11) is 1.64. The molecule has 0 aromatic heterocycles. The van der Waals surface area contributed by atoms with Crippen molar-refractivity contribution in [3.8, 4) is 0 Å². The third-order valence-corrected chi connectivity index (χ3v) is 3.41. The maximum Gasteiger partial charge on any atom is 0.307 e. The van der Waals surface area contributed by atoms with Crippen LogP contribution in [0.5, 0.6) is 0 Å². The Labute approximate surface area is 118 Å². The van der Waals surface area contributed by atoms with Crippen molar-refractivity contribution >= 4 is 28.6 Å². The number of nitrogens with zero attached hydrogens (tertiary/aromatic N) is 1. The molecular weight excluding hydrogens is 355 g/mol. The van der Waals surface area contributed by atoms with Gasteiger partial charge in [0.1, 0.15) is 11.6 Å². The van der Waals surface area contributed by atoms with E-state index in [-0.39, 0.29) is 18.7 Å². The van der Waals surface area contributed by atoms with Gasteiger partial charge in [-0.1, -0.05) is 6.92 Å². The molecule has 0 fully saturated rings. The number of halogens is 3. The van der Waals surface area contributed by atoms with E-state index in [1.165, 1.54) is 12.1 Å². The summed E-state index contributed by atoms with van der Waals surface area (Å²) >= 11 is 1.80. The highest BCUT2D eigenvalue weighted by Gasteiger charge is 2.17. The number of carboxylic acids is 1. The Bertz CT molecular complexity index is 454. The molecule has 1 unspecified atom stereocenters. The van der Waals surface area contributed by atoms with E-state index in [1.807, 2.05) is 0 Å². The summed E-state index contributed by atoms with van der Waals surface area (Å²) in [6.45, 7) is 1.84. The zero-order chi connectivity index (χ0) is 13.9. The zero-order valence-electron chi connectivity index (χ0n) is 10.1. The molecule has 1 aromatic carbocycles. The molecule has 0 radical (unpaired) electrons. The third kappa shape index (κ3) is 3.88. The van der Waals surface area contributed by atoms with E-state index < -0.39 is 23.5 Å². The third-order valence-electron chi connectivity index (χ3n) is 2.57. The van der Waals surface area contributed by atoms with Crippen molar-refractivity contribution in [2.24, 2.45) is 5.92 Å². The van der Waals surface area contributed by atoms with Gasteiger partial charge >= 0.3 is 5.97 Å². The Hall–Kier alpha value is -0.760. The van der Waals surface area contributed by atoms with Crippen molar-refractivity contribution in [1.29, 1.82) is 0 Å². The fraction of sp³-hybridized carbons (Fsp3) is 0.417. The second kappa shape index (κ2) is 6.42. The molecule has 0 aliphatic carbocycles. The van der Waals surface area contributed by atoms with E-state index in [2.05, 4.69) is 0 Å². The highest BCUT2D eigenvalue weighted by molar-refractivity contribution is 14.1. The number of aliphatic carboxylic acids is 1. The van der Waals surface area contributed by atoms with E-state index in [4.69, 9.17) is 5.11 Å². The molecule has 0 heterocycles. The lowest BCUT2D eigenvalue weighted by Gasteiger charge is -2.19. The fourth-order valence-corrected chi connectivity index (χ4v) is 2.10. The summed E-state index contributed by atoms with van der Waals surface area (Å²) in [4.78, 5) is 12.3. The van der Waals surface area contributed by atoms with Gasteiger partial charge < -0.3 is 10.0 Å². The van der Waals surface area contributed by atoms with Crippen molar-refractivity contribution in [2.45, 2.75) is 13.5 Å². The first-order chi connectivity index (χ1) is 8.32. The summed E-state index contributed by atoms with van der Waals surface area (Å²) in [5.74, 6) is -2.69. The number of carbonyl (C=O) groups is 1. The number of carboxylic acid groups (broad SMARTS) is 1. The maximum absolute atomic E-state index is 13.7. The van der Waals surface area contributed by atoms with Crippen LogP contribution >= 0.6 is 22.6 Å². The SMILES string of the molecule is CC(CN(C)Cc1c(F)ccc(I)c1F)C(=O)O. The molecule has 100 valence electrons. The molecule has 18 heavy (non-hydrogen) atoms. The van der Waals surface area contributed by atoms with Gasteiger partial charge in [-0.15, -0.1) is 0 Å². The van der Waals surface area contributed by atoms with Crippen LogP contribution in [0.3, 0.4) is 0 Å². The van der Waals surface area contributed by atoms with Crippen LogP contribution in [0.15, 0.2) is 12.1 Å². The van der Waals surface area contributed by atoms with E-state index in [0.29, 0.717) is 3.57 Å². The molecule has 1 N–H and O–H groups in total. The highest BCUT2D eigenvalue weighted by atomic mass is 127. The van der Waals surface area contributed by atoms with E-state index in [9.17, 15) is 13.6 Å². The molecule has 0 saturated carbocycles. The van der Waals surface area contributed by atoms with Crippen LogP contribution in [0.2, 0.25) is 0 Å². The van der Waals surface area contributed by atoms with Crippen molar-refractivity contribution in [3.63, 3.8) is 0 Å². The van der Waals surface area contributed by atoms with Crippen LogP contribution in [0.1, 0.15) is 12.5 Å². The summed E-state index contributed by atoms with van der Waals surface area (Å²) < 4.78 is 27.6. The number of hydrogen-bond donors (Lipinski definition) is 1. The minimum absolute atomic E-state index is 0.0259. The van der Waals surface area contributed by atoms with Gasteiger partial charge in [0.25, 0.3) is 0 Å². The molecule has 6 heteroatoms. The second-order valence-corrected chi connectivity index (χ2v) is 5.42. The Morgan fingerprint density at radius 1 is 1.50 bits per heavy atom.